The van der Waals surface area contributed by atoms with Crippen LogP contribution in [0, 0.1) is 19.7 Å². The van der Waals surface area contributed by atoms with Gasteiger partial charge in [0.1, 0.15) is 5.82 Å². The average Bonchev–Trinajstić information content (AvgIpc) is 3.88. The lowest BCUT2D eigenvalue weighted by atomic mass is 10.0. The summed E-state index contributed by atoms with van der Waals surface area (Å²) in [5.41, 5.74) is 4.94. The molecule has 3 aromatic carbocycles. The Hall–Kier alpha value is -5.01. The van der Waals surface area contributed by atoms with Crippen LogP contribution in [-0.4, -0.2) is 57.3 Å². The van der Waals surface area contributed by atoms with Crippen LogP contribution in [-0.2, 0) is 11.3 Å². The molecule has 1 atom stereocenters. The van der Waals surface area contributed by atoms with Gasteiger partial charge in [-0.25, -0.2) is 9.40 Å². The summed E-state index contributed by atoms with van der Waals surface area (Å²) in [6.45, 7) is 4.11. The molecule has 0 fully saturated rings. The molecule has 3 heterocycles. The van der Waals surface area contributed by atoms with E-state index in [1.54, 1.807) is 41.7 Å². The van der Waals surface area contributed by atoms with Crippen molar-refractivity contribution >= 4 is 40.6 Å². The van der Waals surface area contributed by atoms with Gasteiger partial charge in [-0.15, -0.1) is 21.5 Å². The van der Waals surface area contributed by atoms with Crippen molar-refractivity contribution in [1.82, 2.24) is 25.1 Å². The molecular weight excluding hydrogens is 652 g/mol. The van der Waals surface area contributed by atoms with E-state index in [1.807, 2.05) is 54.1 Å². The fourth-order valence-electron chi connectivity index (χ4n) is 5.44. The highest BCUT2D eigenvalue weighted by Gasteiger charge is 2.34. The first-order valence-corrected chi connectivity index (χ1v) is 17.0. The van der Waals surface area contributed by atoms with Gasteiger partial charge in [0.2, 0.25) is 0 Å². The molecule has 13 heteroatoms. The first-order valence-electron chi connectivity index (χ1n) is 15.1. The minimum atomic E-state index is -0.366. The van der Waals surface area contributed by atoms with E-state index in [2.05, 4.69) is 15.5 Å². The van der Waals surface area contributed by atoms with Gasteiger partial charge in [-0.2, -0.15) is 5.10 Å². The van der Waals surface area contributed by atoms with Gasteiger partial charge in [0.05, 0.1) is 48.8 Å². The molecule has 0 spiro atoms. The first kappa shape index (κ1) is 32.9. The second-order valence-electron chi connectivity index (χ2n) is 11.0. The van der Waals surface area contributed by atoms with Gasteiger partial charge in [0.15, 0.2) is 22.5 Å². The molecule has 2 amide bonds. The number of hydrazone groups is 1. The van der Waals surface area contributed by atoms with Gasteiger partial charge in [-0.05, 0) is 78.4 Å². The normalized spacial score (nSPS) is 14.1. The third-order valence-corrected chi connectivity index (χ3v) is 9.95. The highest BCUT2D eigenvalue weighted by Crippen LogP contribution is 2.35. The van der Waals surface area contributed by atoms with Gasteiger partial charge in [0.25, 0.3) is 11.8 Å². The predicted molar refractivity (Wildman–Crippen MR) is 184 cm³/mol. The van der Waals surface area contributed by atoms with E-state index < -0.39 is 0 Å². The number of benzene rings is 3. The van der Waals surface area contributed by atoms with Crippen LogP contribution in [0.5, 0.6) is 11.5 Å². The predicted octanol–water partition coefficient (Wildman–Crippen LogP) is 6.50. The van der Waals surface area contributed by atoms with Crippen molar-refractivity contribution < 1.29 is 23.5 Å². The van der Waals surface area contributed by atoms with Crippen molar-refractivity contribution in [3.05, 3.63) is 117 Å². The molecule has 6 rings (SSSR count). The zero-order valence-electron chi connectivity index (χ0n) is 26.8. The largest absolute Gasteiger partial charge is 0.493 e. The summed E-state index contributed by atoms with van der Waals surface area (Å²) in [4.78, 5) is 28.0. The monoisotopic (exact) mass is 684 g/mol. The summed E-state index contributed by atoms with van der Waals surface area (Å²) in [6.07, 6.45) is 0.519. The summed E-state index contributed by atoms with van der Waals surface area (Å²) in [6, 6.07) is 20.6. The zero-order valence-corrected chi connectivity index (χ0v) is 28.4. The third-order valence-electron chi connectivity index (χ3n) is 8.12. The van der Waals surface area contributed by atoms with Gasteiger partial charge < -0.3 is 14.8 Å². The molecule has 2 aromatic heterocycles. The van der Waals surface area contributed by atoms with Crippen LogP contribution in [0.25, 0.3) is 5.69 Å². The smallest absolute Gasteiger partial charge is 0.253 e. The number of thiophene rings is 1. The van der Waals surface area contributed by atoms with Crippen LogP contribution >= 0.6 is 23.1 Å². The van der Waals surface area contributed by atoms with Crippen molar-refractivity contribution in [1.29, 1.82) is 0 Å². The highest BCUT2D eigenvalue weighted by molar-refractivity contribution is 7.99. The van der Waals surface area contributed by atoms with E-state index in [0.29, 0.717) is 34.5 Å². The van der Waals surface area contributed by atoms with Gasteiger partial charge in [0, 0.05) is 12.0 Å². The maximum absolute atomic E-state index is 13.8. The number of amides is 2. The van der Waals surface area contributed by atoms with Crippen molar-refractivity contribution in [3.63, 3.8) is 0 Å². The molecular formula is C35H33FN6O4S2. The Bertz CT molecular complexity index is 1980. The number of aryl methyl sites for hydroxylation is 1. The lowest BCUT2D eigenvalue weighted by molar-refractivity contribution is -0.130. The number of nitrogens with zero attached hydrogens (tertiary/aromatic N) is 5. The maximum Gasteiger partial charge on any atom is 0.253 e. The fourth-order valence-corrected chi connectivity index (χ4v) is 6.97. The lowest BCUT2D eigenvalue weighted by Crippen LogP contribution is -2.28. The van der Waals surface area contributed by atoms with Crippen LogP contribution in [0.2, 0.25) is 0 Å². The van der Waals surface area contributed by atoms with Crippen molar-refractivity contribution in [2.24, 2.45) is 5.10 Å². The summed E-state index contributed by atoms with van der Waals surface area (Å²) < 4.78 is 26.3. The van der Waals surface area contributed by atoms with Crippen molar-refractivity contribution in [3.8, 4) is 17.2 Å². The summed E-state index contributed by atoms with van der Waals surface area (Å²) in [5, 5.41) is 20.5. The Kier molecular flexibility index (Phi) is 9.88. The number of hydrogen-bond acceptors (Lipinski definition) is 9. The van der Waals surface area contributed by atoms with E-state index >= 15 is 0 Å². The number of nitrogens with one attached hydrogen (secondary N) is 1. The Morgan fingerprint density at radius 1 is 1.00 bits per heavy atom. The molecule has 246 valence electrons. The van der Waals surface area contributed by atoms with Gasteiger partial charge >= 0.3 is 0 Å². The molecule has 1 N–H and O–H groups in total. The summed E-state index contributed by atoms with van der Waals surface area (Å²) >= 11 is 2.80. The number of carbonyl (C=O) groups excluding carboxylic acids is 2. The van der Waals surface area contributed by atoms with Crippen LogP contribution < -0.4 is 14.8 Å². The molecule has 0 aliphatic carbocycles. The number of thioether (sulfide) groups is 1. The minimum absolute atomic E-state index is 0.0277. The second kappa shape index (κ2) is 14.4. The summed E-state index contributed by atoms with van der Waals surface area (Å²) in [7, 11) is 3.04. The molecule has 5 aromatic rings. The number of rotatable bonds is 11. The Labute approximate surface area is 285 Å². The molecule has 0 saturated carbocycles. The average molecular weight is 685 g/mol. The van der Waals surface area contributed by atoms with E-state index in [4.69, 9.17) is 14.6 Å². The Morgan fingerprint density at radius 3 is 2.52 bits per heavy atom. The third kappa shape index (κ3) is 6.83. The number of halogens is 1. The van der Waals surface area contributed by atoms with Crippen LogP contribution in [0.1, 0.15) is 50.2 Å². The highest BCUT2D eigenvalue weighted by atomic mass is 32.2. The van der Waals surface area contributed by atoms with E-state index in [0.717, 1.165) is 33.0 Å². The molecule has 10 nitrogen and oxygen atoms in total. The topological polar surface area (TPSA) is 111 Å². The Morgan fingerprint density at radius 2 is 1.79 bits per heavy atom. The molecule has 1 aliphatic heterocycles. The fraction of sp³-hybridized carbons (Fsp3) is 0.229. The first-order chi connectivity index (χ1) is 23.3. The van der Waals surface area contributed by atoms with Crippen LogP contribution in [0.15, 0.2) is 88.4 Å². The molecule has 0 unspecified atom stereocenters. The number of carbonyl (C=O) groups is 2. The molecule has 0 radical (unpaired) electrons. The van der Waals surface area contributed by atoms with E-state index in [9.17, 15) is 14.0 Å². The molecule has 0 saturated heterocycles. The second-order valence-corrected chi connectivity index (χ2v) is 12.9. The van der Waals surface area contributed by atoms with E-state index in [1.165, 1.54) is 43.1 Å². The maximum atomic E-state index is 13.8. The molecule has 0 bridgehead atoms. The number of ether oxygens (including phenoxy) is 2. The van der Waals surface area contributed by atoms with Crippen LogP contribution in [0.4, 0.5) is 4.39 Å². The quantitative estimate of drug-likeness (QED) is 0.158. The van der Waals surface area contributed by atoms with Gasteiger partial charge in [-0.3, -0.25) is 14.2 Å². The molecule has 1 aliphatic rings. The number of hydrogen-bond donors (Lipinski definition) is 1. The van der Waals surface area contributed by atoms with E-state index in [-0.39, 0.29) is 36.0 Å². The van der Waals surface area contributed by atoms with Crippen molar-refractivity contribution in [2.75, 3.05) is 20.0 Å². The van der Waals surface area contributed by atoms with Crippen molar-refractivity contribution in [2.45, 2.75) is 38.0 Å². The van der Waals surface area contributed by atoms with Gasteiger partial charge in [-0.1, -0.05) is 42.1 Å². The number of methoxy groups -OCH3 is 2. The standard InChI is InChI=1S/C35H33FN6O4S2/c1-21-7-5-8-27(22(21)2)41-32(19-37-34(44)24-12-15-29(45-3)30(17-24)46-4)38-39-35(41)48-20-33(43)42-28(23-10-13-25(36)14-11-23)18-26(40-42)31-9-6-16-47-31/h5-17,28H,18-20H2,1-4H3,(H,37,44)/t28-/m0/s1. The number of aromatic nitrogens is 3. The lowest BCUT2D eigenvalue weighted by Gasteiger charge is -2.22. The Balaban J connectivity index is 1.25. The SMILES string of the molecule is COc1ccc(C(=O)NCc2nnc(SCC(=O)N3N=C(c4cccs4)C[C@H]3c3ccc(F)cc3)n2-c2cccc(C)c2C)cc1OC. The minimum Gasteiger partial charge on any atom is -0.493 e. The van der Waals surface area contributed by atoms with Crippen LogP contribution in [0.3, 0.4) is 0 Å². The molecule has 48 heavy (non-hydrogen) atoms. The zero-order chi connectivity index (χ0) is 33.8. The summed E-state index contributed by atoms with van der Waals surface area (Å²) in [5.74, 6) is 0.600.